The predicted molar refractivity (Wildman–Crippen MR) is 51.1 cm³/mol. The Morgan fingerprint density at radius 2 is 1.92 bits per heavy atom. The van der Waals surface area contributed by atoms with Gasteiger partial charge in [-0.25, -0.2) is 0 Å². The number of aromatic nitrogens is 2. The maximum atomic E-state index is 5.65. The molecular weight excluding hydrogens is 162 g/mol. The van der Waals surface area contributed by atoms with Crippen LogP contribution >= 0.6 is 0 Å². The van der Waals surface area contributed by atoms with Crippen LogP contribution in [0.2, 0.25) is 0 Å². The lowest BCUT2D eigenvalue weighted by molar-refractivity contribution is 0.700. The molecule has 0 atom stereocenters. The first kappa shape index (κ1) is 8.63. The summed E-state index contributed by atoms with van der Waals surface area (Å²) in [4.78, 5) is 0. The lowest BCUT2D eigenvalue weighted by Crippen LogP contribution is -2.06. The van der Waals surface area contributed by atoms with Crippen LogP contribution in [0.4, 0.5) is 0 Å². The number of rotatable bonds is 2. The van der Waals surface area contributed by atoms with Crippen LogP contribution in [0.1, 0.15) is 42.7 Å². The van der Waals surface area contributed by atoms with Crippen molar-refractivity contribution in [2.24, 2.45) is 5.73 Å². The van der Waals surface area contributed by atoms with Gasteiger partial charge in [-0.3, -0.25) is 0 Å². The van der Waals surface area contributed by atoms with Crippen molar-refractivity contribution in [2.45, 2.75) is 38.1 Å². The van der Waals surface area contributed by atoms with Crippen LogP contribution < -0.4 is 5.73 Å². The second kappa shape index (κ2) is 3.83. The summed E-state index contributed by atoms with van der Waals surface area (Å²) >= 11 is 0. The molecule has 2 rings (SSSR count). The summed E-state index contributed by atoms with van der Waals surface area (Å²) in [7, 11) is 0. The Hall–Kier alpha value is -0.960. The highest BCUT2D eigenvalue weighted by Crippen LogP contribution is 2.34. The van der Waals surface area contributed by atoms with Crippen molar-refractivity contribution in [2.75, 3.05) is 0 Å². The van der Waals surface area contributed by atoms with E-state index in [1.807, 2.05) is 6.20 Å². The van der Waals surface area contributed by atoms with E-state index in [4.69, 9.17) is 5.73 Å². The Kier molecular flexibility index (Phi) is 2.54. The highest BCUT2D eigenvalue weighted by atomic mass is 15.1. The van der Waals surface area contributed by atoms with Crippen LogP contribution in [0.3, 0.4) is 0 Å². The first-order chi connectivity index (χ1) is 6.42. The zero-order valence-corrected chi connectivity index (χ0v) is 7.74. The summed E-state index contributed by atoms with van der Waals surface area (Å²) in [5, 5.41) is 7.79. The van der Waals surface area contributed by atoms with Gasteiger partial charge in [0.15, 0.2) is 0 Å². The summed E-state index contributed by atoms with van der Waals surface area (Å²) in [6.07, 6.45) is 8.96. The normalized spacial score (nSPS) is 17.9. The lowest BCUT2D eigenvalue weighted by Gasteiger charge is -2.12. The largest absolute Gasteiger partial charge is 0.326 e. The molecule has 0 aromatic carbocycles. The minimum absolute atomic E-state index is 0.585. The van der Waals surface area contributed by atoms with Crippen molar-refractivity contribution in [3.05, 3.63) is 23.5 Å². The third kappa shape index (κ3) is 1.70. The second-order valence-electron chi connectivity index (χ2n) is 3.66. The lowest BCUT2D eigenvalue weighted by atomic mass is 9.96. The molecule has 3 nitrogen and oxygen atoms in total. The molecule has 1 fully saturated rings. The van der Waals surface area contributed by atoms with E-state index in [1.54, 1.807) is 6.20 Å². The van der Waals surface area contributed by atoms with Gasteiger partial charge in [0.1, 0.15) is 0 Å². The molecule has 0 spiro atoms. The highest BCUT2D eigenvalue weighted by Gasteiger charge is 2.19. The molecule has 1 aliphatic carbocycles. The molecule has 2 N–H and O–H groups in total. The van der Waals surface area contributed by atoms with Crippen molar-refractivity contribution in [1.82, 2.24) is 10.2 Å². The van der Waals surface area contributed by atoms with E-state index in [0.717, 1.165) is 0 Å². The molecule has 1 aromatic rings. The molecule has 1 aliphatic rings. The van der Waals surface area contributed by atoms with Crippen molar-refractivity contribution >= 4 is 0 Å². The van der Waals surface area contributed by atoms with E-state index < -0.39 is 0 Å². The van der Waals surface area contributed by atoms with Crippen LogP contribution in [0.5, 0.6) is 0 Å². The third-order valence-corrected chi connectivity index (χ3v) is 2.86. The van der Waals surface area contributed by atoms with Crippen molar-refractivity contribution in [3.63, 3.8) is 0 Å². The van der Waals surface area contributed by atoms with E-state index in [0.29, 0.717) is 12.5 Å². The van der Waals surface area contributed by atoms with Gasteiger partial charge in [-0.15, -0.1) is 0 Å². The summed E-state index contributed by atoms with van der Waals surface area (Å²) in [5.74, 6) is 0.689. The second-order valence-corrected chi connectivity index (χ2v) is 3.66. The van der Waals surface area contributed by atoms with Gasteiger partial charge in [-0.05, 0) is 29.9 Å². The average Bonchev–Trinajstić information content (AvgIpc) is 2.70. The predicted octanol–water partition coefficient (Wildman–Crippen LogP) is 1.59. The van der Waals surface area contributed by atoms with Gasteiger partial charge in [0.05, 0.1) is 12.4 Å². The molecule has 0 aliphatic heterocycles. The maximum absolute atomic E-state index is 5.65. The van der Waals surface area contributed by atoms with Crippen LogP contribution in [0, 0.1) is 0 Å². The molecule has 0 bridgehead atoms. The summed E-state index contributed by atoms with van der Waals surface area (Å²) in [6, 6.07) is 0. The van der Waals surface area contributed by atoms with E-state index in [2.05, 4.69) is 10.2 Å². The van der Waals surface area contributed by atoms with Gasteiger partial charge in [-0.2, -0.15) is 10.2 Å². The summed E-state index contributed by atoms with van der Waals surface area (Å²) in [6.45, 7) is 0.585. The maximum Gasteiger partial charge on any atom is 0.0543 e. The number of nitrogens with zero attached hydrogens (tertiary/aromatic N) is 2. The van der Waals surface area contributed by atoms with Crippen molar-refractivity contribution < 1.29 is 0 Å². The van der Waals surface area contributed by atoms with Gasteiger partial charge in [0.2, 0.25) is 0 Å². The number of nitrogens with two attached hydrogens (primary N) is 1. The average molecular weight is 177 g/mol. The standard InChI is InChI=1S/C10H15N3/c11-5-9-6-12-13-7-10(9)8-3-1-2-4-8/h6-8H,1-5,11H2. The Balaban J connectivity index is 2.26. The fourth-order valence-corrected chi connectivity index (χ4v) is 2.13. The van der Waals surface area contributed by atoms with Gasteiger partial charge < -0.3 is 5.73 Å². The first-order valence-electron chi connectivity index (χ1n) is 4.91. The molecule has 0 radical (unpaired) electrons. The fraction of sp³-hybridized carbons (Fsp3) is 0.600. The Labute approximate surface area is 78.4 Å². The molecule has 0 amide bonds. The van der Waals surface area contributed by atoms with E-state index >= 15 is 0 Å². The molecule has 1 heterocycles. The van der Waals surface area contributed by atoms with Crippen LogP contribution in [0.25, 0.3) is 0 Å². The van der Waals surface area contributed by atoms with Gasteiger partial charge in [0.25, 0.3) is 0 Å². The smallest absolute Gasteiger partial charge is 0.0543 e. The minimum atomic E-state index is 0.585. The van der Waals surface area contributed by atoms with Crippen molar-refractivity contribution in [1.29, 1.82) is 0 Å². The van der Waals surface area contributed by atoms with Crippen LogP contribution in [-0.2, 0) is 6.54 Å². The number of hydrogen-bond donors (Lipinski definition) is 1. The van der Waals surface area contributed by atoms with Crippen LogP contribution in [-0.4, -0.2) is 10.2 Å². The zero-order chi connectivity index (χ0) is 9.10. The zero-order valence-electron chi connectivity index (χ0n) is 7.74. The molecule has 0 saturated heterocycles. The minimum Gasteiger partial charge on any atom is -0.326 e. The monoisotopic (exact) mass is 177 g/mol. The Morgan fingerprint density at radius 3 is 2.62 bits per heavy atom. The van der Waals surface area contributed by atoms with E-state index in [-0.39, 0.29) is 0 Å². The first-order valence-corrected chi connectivity index (χ1v) is 4.91. The SMILES string of the molecule is NCc1cnncc1C1CCCC1. The molecule has 1 aromatic heterocycles. The summed E-state index contributed by atoms with van der Waals surface area (Å²) in [5.41, 5.74) is 8.15. The fourth-order valence-electron chi connectivity index (χ4n) is 2.13. The third-order valence-electron chi connectivity index (χ3n) is 2.86. The molecule has 1 saturated carbocycles. The topological polar surface area (TPSA) is 51.8 Å². The van der Waals surface area contributed by atoms with Gasteiger partial charge in [0, 0.05) is 6.54 Å². The van der Waals surface area contributed by atoms with E-state index in [9.17, 15) is 0 Å². The molecular formula is C10H15N3. The van der Waals surface area contributed by atoms with Crippen molar-refractivity contribution in [3.8, 4) is 0 Å². The Morgan fingerprint density at radius 1 is 1.23 bits per heavy atom. The molecule has 70 valence electrons. The summed E-state index contributed by atoms with van der Waals surface area (Å²) < 4.78 is 0. The highest BCUT2D eigenvalue weighted by molar-refractivity contribution is 5.25. The molecule has 3 heteroatoms. The molecule has 0 unspecified atom stereocenters. The number of hydrogen-bond acceptors (Lipinski definition) is 3. The van der Waals surface area contributed by atoms with Crippen LogP contribution in [0.15, 0.2) is 12.4 Å². The van der Waals surface area contributed by atoms with E-state index in [1.165, 1.54) is 36.8 Å². The Bertz CT molecular complexity index is 279. The van der Waals surface area contributed by atoms with Gasteiger partial charge >= 0.3 is 0 Å². The van der Waals surface area contributed by atoms with Gasteiger partial charge in [-0.1, -0.05) is 12.8 Å². The molecule has 13 heavy (non-hydrogen) atoms. The quantitative estimate of drug-likeness (QED) is 0.746.